The minimum atomic E-state index is -3.82. The van der Waals surface area contributed by atoms with Gasteiger partial charge in [0, 0.05) is 36.6 Å². The summed E-state index contributed by atoms with van der Waals surface area (Å²) in [5, 5.41) is 15.9. The summed E-state index contributed by atoms with van der Waals surface area (Å²) in [7, 11) is -3.82. The second-order valence-corrected chi connectivity index (χ2v) is 11.5. The minimum absolute atomic E-state index is 0.0359. The Morgan fingerprint density at radius 3 is 2.39 bits per heavy atom. The molecule has 0 spiro atoms. The first-order valence-electron chi connectivity index (χ1n) is 13.0. The molecule has 1 saturated heterocycles. The van der Waals surface area contributed by atoms with Crippen LogP contribution in [0.5, 0.6) is 0 Å². The first-order chi connectivity index (χ1) is 19.7. The number of nitrogens with one attached hydrogen (secondary N) is 2. The van der Waals surface area contributed by atoms with Crippen molar-refractivity contribution in [1.29, 1.82) is 5.26 Å². The molecule has 0 unspecified atom stereocenters. The van der Waals surface area contributed by atoms with E-state index in [1.165, 1.54) is 6.20 Å². The number of piperidine rings is 1. The zero-order chi connectivity index (χ0) is 29.0. The molecule has 12 nitrogen and oxygen atoms in total. The summed E-state index contributed by atoms with van der Waals surface area (Å²) >= 11 is 0. The first-order valence-corrected chi connectivity index (χ1v) is 14.6. The van der Waals surface area contributed by atoms with Crippen molar-refractivity contribution >= 4 is 50.3 Å². The highest BCUT2D eigenvalue weighted by atomic mass is 32.2. The van der Waals surface area contributed by atoms with E-state index in [4.69, 9.17) is 11.0 Å². The molecule has 1 aliphatic heterocycles. The zero-order valence-corrected chi connectivity index (χ0v) is 22.8. The molecule has 4 N–H and O–H groups in total. The van der Waals surface area contributed by atoms with E-state index in [2.05, 4.69) is 20.6 Å². The van der Waals surface area contributed by atoms with Crippen molar-refractivity contribution in [3.63, 3.8) is 0 Å². The number of anilines is 3. The van der Waals surface area contributed by atoms with E-state index in [-0.39, 0.29) is 35.7 Å². The maximum atomic E-state index is 13.5. The van der Waals surface area contributed by atoms with Crippen molar-refractivity contribution in [2.45, 2.75) is 31.1 Å². The highest BCUT2D eigenvalue weighted by Crippen LogP contribution is 2.29. The molecule has 2 aromatic heterocycles. The van der Waals surface area contributed by atoms with Crippen molar-refractivity contribution in [3.05, 3.63) is 78.0 Å². The lowest BCUT2D eigenvalue weighted by atomic mass is 10.0. The van der Waals surface area contributed by atoms with Gasteiger partial charge in [0.1, 0.15) is 12.2 Å². The minimum Gasteiger partial charge on any atom is -0.366 e. The van der Waals surface area contributed by atoms with Gasteiger partial charge in [-0.2, -0.15) is 15.2 Å². The molecular weight excluding hydrogens is 544 g/mol. The monoisotopic (exact) mass is 572 g/mol. The topological polar surface area (TPSA) is 176 Å². The molecule has 5 rings (SSSR count). The maximum absolute atomic E-state index is 13.5. The van der Waals surface area contributed by atoms with E-state index in [1.807, 2.05) is 12.1 Å². The molecule has 2 aromatic carbocycles. The molecule has 41 heavy (non-hydrogen) atoms. The third-order valence-electron chi connectivity index (χ3n) is 6.85. The van der Waals surface area contributed by atoms with Crippen molar-refractivity contribution < 1.29 is 18.0 Å². The fourth-order valence-corrected chi connectivity index (χ4v) is 6.13. The van der Waals surface area contributed by atoms with Crippen molar-refractivity contribution in [1.82, 2.24) is 18.8 Å². The van der Waals surface area contributed by atoms with Gasteiger partial charge < -0.3 is 21.3 Å². The van der Waals surface area contributed by atoms with Gasteiger partial charge in [0.05, 0.1) is 17.2 Å². The number of carbonyl (C=O) groups is 2. The van der Waals surface area contributed by atoms with E-state index >= 15 is 0 Å². The van der Waals surface area contributed by atoms with Gasteiger partial charge in [-0.15, -0.1) is 0 Å². The molecule has 0 radical (unpaired) electrons. The smallest absolute Gasteiger partial charge is 0.248 e. The number of benzene rings is 2. The Kier molecular flexibility index (Phi) is 7.84. The van der Waals surface area contributed by atoms with Crippen molar-refractivity contribution in [3.8, 4) is 6.07 Å². The predicted molar refractivity (Wildman–Crippen MR) is 154 cm³/mol. The number of nitrogens with zero attached hydrogens (tertiary/aromatic N) is 5. The summed E-state index contributed by atoms with van der Waals surface area (Å²) in [6.45, 7) is 0.992. The highest BCUT2D eigenvalue weighted by molar-refractivity contribution is 7.89. The van der Waals surface area contributed by atoms with Crippen LogP contribution in [-0.4, -0.2) is 58.2 Å². The van der Waals surface area contributed by atoms with Crippen LogP contribution < -0.4 is 16.4 Å². The predicted octanol–water partition coefficient (Wildman–Crippen LogP) is 2.97. The number of likely N-dealkylation sites (tertiary alicyclic amines) is 1. The van der Waals surface area contributed by atoms with E-state index < -0.39 is 15.9 Å². The van der Waals surface area contributed by atoms with Gasteiger partial charge in [-0.05, 0) is 48.7 Å². The highest BCUT2D eigenvalue weighted by Gasteiger charge is 2.25. The van der Waals surface area contributed by atoms with Crippen LogP contribution >= 0.6 is 0 Å². The Labute approximate surface area is 236 Å². The number of nitriles is 1. The number of rotatable bonds is 9. The lowest BCUT2D eigenvalue weighted by Crippen LogP contribution is -2.42. The van der Waals surface area contributed by atoms with E-state index in [9.17, 15) is 18.0 Å². The number of carbonyl (C=O) groups excluding carboxylic acids is 2. The number of hydrogen-bond acceptors (Lipinski definition) is 9. The van der Waals surface area contributed by atoms with Gasteiger partial charge in [-0.3, -0.25) is 9.59 Å². The van der Waals surface area contributed by atoms with Gasteiger partial charge in [0.15, 0.2) is 5.65 Å². The summed E-state index contributed by atoms with van der Waals surface area (Å²) in [4.78, 5) is 34.4. The normalized spacial score (nSPS) is 14.0. The fraction of sp³-hybridized carbons (Fsp3) is 0.250. The SMILES string of the molecule is N#CCC(=O)N1CCC(Nc2nc(Nc3ccc(C(N)=O)cc3)nc3c2ccn3S(=O)(=O)Cc2ccccc2)CC1. The standard InChI is InChI=1S/C28H28N8O4S/c29-14-10-24(37)35-15-11-22(12-16-35)31-26-23-13-17-36(41(39,40)18-19-4-2-1-3-5-19)27(23)34-28(33-26)32-21-8-6-20(7-9-21)25(30)38/h1-9,13,17,22H,10-12,15-16,18H2,(H2,30,38)(H2,31,32,33,34). The van der Waals surface area contributed by atoms with Crippen LogP contribution in [0.25, 0.3) is 11.0 Å². The van der Waals surface area contributed by atoms with Crippen LogP contribution in [0.2, 0.25) is 0 Å². The van der Waals surface area contributed by atoms with Crippen LogP contribution in [0, 0.1) is 11.3 Å². The van der Waals surface area contributed by atoms with E-state index in [0.717, 1.165) is 3.97 Å². The molecule has 0 atom stereocenters. The molecule has 1 fully saturated rings. The average Bonchev–Trinajstić information content (AvgIpc) is 3.40. The number of hydrogen-bond donors (Lipinski definition) is 3. The van der Waals surface area contributed by atoms with Crippen LogP contribution in [0.4, 0.5) is 17.5 Å². The summed E-state index contributed by atoms with van der Waals surface area (Å²) < 4.78 is 28.1. The van der Waals surface area contributed by atoms with E-state index in [1.54, 1.807) is 59.5 Å². The summed E-state index contributed by atoms with van der Waals surface area (Å²) in [6.07, 6.45) is 2.59. The lowest BCUT2D eigenvalue weighted by Gasteiger charge is -2.32. The molecule has 0 saturated carbocycles. The Balaban J connectivity index is 1.47. The quantitative estimate of drug-likeness (QED) is 0.272. The van der Waals surface area contributed by atoms with Gasteiger partial charge in [0.25, 0.3) is 0 Å². The fourth-order valence-electron chi connectivity index (χ4n) is 4.73. The second kappa shape index (κ2) is 11.6. The van der Waals surface area contributed by atoms with Crippen molar-refractivity contribution in [2.75, 3.05) is 23.7 Å². The van der Waals surface area contributed by atoms with Crippen molar-refractivity contribution in [2.24, 2.45) is 5.73 Å². The number of nitrogens with two attached hydrogens (primary N) is 1. The molecule has 13 heteroatoms. The Bertz CT molecular complexity index is 1720. The third-order valence-corrected chi connectivity index (χ3v) is 8.44. The molecule has 3 heterocycles. The van der Waals surface area contributed by atoms with Crippen LogP contribution in [0.15, 0.2) is 66.9 Å². The molecule has 4 aromatic rings. The molecule has 2 amide bonds. The van der Waals surface area contributed by atoms with E-state index in [0.29, 0.717) is 53.9 Å². The number of amides is 2. The Morgan fingerprint density at radius 2 is 1.73 bits per heavy atom. The Hall–Kier alpha value is -4.96. The maximum Gasteiger partial charge on any atom is 0.248 e. The number of primary amides is 1. The number of fused-ring (bicyclic) bond motifs is 1. The van der Waals surface area contributed by atoms with Gasteiger partial charge in [-0.1, -0.05) is 30.3 Å². The first kappa shape index (κ1) is 27.6. The molecule has 0 aliphatic carbocycles. The van der Waals surface area contributed by atoms with Crippen LogP contribution in [0.1, 0.15) is 35.2 Å². The van der Waals surface area contributed by atoms with Gasteiger partial charge in [0.2, 0.25) is 27.8 Å². The lowest BCUT2D eigenvalue weighted by molar-refractivity contribution is -0.131. The molecule has 210 valence electrons. The Morgan fingerprint density at radius 1 is 1.02 bits per heavy atom. The molecular formula is C28H28N8O4S. The molecule has 1 aliphatic rings. The second-order valence-electron chi connectivity index (χ2n) is 9.69. The zero-order valence-electron chi connectivity index (χ0n) is 22.0. The summed E-state index contributed by atoms with van der Waals surface area (Å²) in [6, 6.07) is 18.9. The van der Waals surface area contributed by atoms with Gasteiger partial charge >= 0.3 is 0 Å². The third kappa shape index (κ3) is 6.28. The van der Waals surface area contributed by atoms with Crippen LogP contribution in [-0.2, 0) is 20.6 Å². The number of aromatic nitrogens is 3. The largest absolute Gasteiger partial charge is 0.366 e. The van der Waals surface area contributed by atoms with Crippen LogP contribution in [0.3, 0.4) is 0 Å². The van der Waals surface area contributed by atoms with Gasteiger partial charge in [-0.25, -0.2) is 12.4 Å². The molecule has 0 bridgehead atoms. The summed E-state index contributed by atoms with van der Waals surface area (Å²) in [5.41, 5.74) is 7.11. The summed E-state index contributed by atoms with van der Waals surface area (Å²) in [5.74, 6) is -0.353. The average molecular weight is 573 g/mol.